The highest BCUT2D eigenvalue weighted by molar-refractivity contribution is 5.27. The molecule has 0 aromatic heterocycles. The lowest BCUT2D eigenvalue weighted by Crippen LogP contribution is -2.29. The maximum atomic E-state index is 3.77. The van der Waals surface area contributed by atoms with Gasteiger partial charge in [0.1, 0.15) is 0 Å². The highest BCUT2D eigenvalue weighted by Gasteiger charge is 2.09. The standard InChI is InChI=1S/C19H34N2/c1-5-11-19(12-6-2)20-15-17-13-9-10-14-18(17)16-21(7-3)8-4/h9-10,13-14,19-20H,5-8,11-12,15-16H2,1-4H3. The molecule has 1 rings (SSSR count). The number of rotatable bonds is 11. The lowest BCUT2D eigenvalue weighted by atomic mass is 10.0. The number of nitrogens with one attached hydrogen (secondary N) is 1. The van der Waals surface area contributed by atoms with Gasteiger partial charge in [-0.25, -0.2) is 0 Å². The average Bonchev–Trinajstić information content (AvgIpc) is 2.51. The largest absolute Gasteiger partial charge is 0.310 e. The fourth-order valence-electron chi connectivity index (χ4n) is 2.87. The van der Waals surface area contributed by atoms with Crippen LogP contribution in [-0.4, -0.2) is 24.0 Å². The summed E-state index contributed by atoms with van der Waals surface area (Å²) in [6.45, 7) is 13.3. The highest BCUT2D eigenvalue weighted by atomic mass is 15.1. The summed E-state index contributed by atoms with van der Waals surface area (Å²) < 4.78 is 0. The molecule has 0 aliphatic carbocycles. The normalized spacial score (nSPS) is 11.5. The minimum absolute atomic E-state index is 0.668. The molecule has 0 aliphatic heterocycles. The number of nitrogens with zero attached hydrogens (tertiary/aromatic N) is 1. The van der Waals surface area contributed by atoms with Gasteiger partial charge in [-0.1, -0.05) is 64.8 Å². The van der Waals surface area contributed by atoms with E-state index < -0.39 is 0 Å². The molecule has 0 atom stereocenters. The number of benzene rings is 1. The first kappa shape index (κ1) is 18.2. The molecule has 0 heterocycles. The van der Waals surface area contributed by atoms with Crippen LogP contribution in [0.25, 0.3) is 0 Å². The van der Waals surface area contributed by atoms with Crippen LogP contribution in [0.3, 0.4) is 0 Å². The van der Waals surface area contributed by atoms with Gasteiger partial charge < -0.3 is 5.32 Å². The van der Waals surface area contributed by atoms with Gasteiger partial charge in [-0.05, 0) is 37.1 Å². The molecular weight excluding hydrogens is 256 g/mol. The second kappa shape index (κ2) is 10.8. The summed E-state index contributed by atoms with van der Waals surface area (Å²) >= 11 is 0. The van der Waals surface area contributed by atoms with E-state index in [2.05, 4.69) is 62.2 Å². The molecule has 0 unspecified atom stereocenters. The van der Waals surface area contributed by atoms with Gasteiger partial charge in [-0.2, -0.15) is 0 Å². The minimum atomic E-state index is 0.668. The van der Waals surface area contributed by atoms with Crippen LogP contribution in [0.4, 0.5) is 0 Å². The van der Waals surface area contributed by atoms with Crippen molar-refractivity contribution < 1.29 is 0 Å². The first-order chi connectivity index (χ1) is 10.2. The van der Waals surface area contributed by atoms with Gasteiger partial charge in [-0.3, -0.25) is 4.90 Å². The monoisotopic (exact) mass is 290 g/mol. The Morgan fingerprint density at radius 1 is 0.905 bits per heavy atom. The van der Waals surface area contributed by atoms with Crippen molar-refractivity contribution in [2.75, 3.05) is 13.1 Å². The summed E-state index contributed by atoms with van der Waals surface area (Å²) in [5, 5.41) is 3.77. The lowest BCUT2D eigenvalue weighted by Gasteiger charge is -2.22. The topological polar surface area (TPSA) is 15.3 Å². The molecule has 0 amide bonds. The van der Waals surface area contributed by atoms with Gasteiger partial charge >= 0.3 is 0 Å². The summed E-state index contributed by atoms with van der Waals surface area (Å²) in [4.78, 5) is 2.48. The first-order valence-electron chi connectivity index (χ1n) is 8.77. The van der Waals surface area contributed by atoms with E-state index in [0.29, 0.717) is 6.04 Å². The molecule has 0 bridgehead atoms. The summed E-state index contributed by atoms with van der Waals surface area (Å²) in [5.74, 6) is 0. The maximum absolute atomic E-state index is 3.77. The van der Waals surface area contributed by atoms with Crippen molar-refractivity contribution in [1.82, 2.24) is 10.2 Å². The summed E-state index contributed by atoms with van der Waals surface area (Å²) in [6, 6.07) is 9.56. The smallest absolute Gasteiger partial charge is 0.0236 e. The lowest BCUT2D eigenvalue weighted by molar-refractivity contribution is 0.294. The van der Waals surface area contributed by atoms with Crippen LogP contribution in [0.1, 0.15) is 64.5 Å². The maximum Gasteiger partial charge on any atom is 0.0236 e. The van der Waals surface area contributed by atoms with Gasteiger partial charge in [0.05, 0.1) is 0 Å². The van der Waals surface area contributed by atoms with Crippen molar-refractivity contribution in [2.45, 2.75) is 72.5 Å². The van der Waals surface area contributed by atoms with Gasteiger partial charge in [0.2, 0.25) is 0 Å². The number of hydrogen-bond acceptors (Lipinski definition) is 2. The third kappa shape index (κ3) is 6.62. The minimum Gasteiger partial charge on any atom is -0.310 e. The Kier molecular flexibility index (Phi) is 9.36. The van der Waals surface area contributed by atoms with E-state index in [0.717, 1.165) is 26.2 Å². The second-order valence-electron chi connectivity index (χ2n) is 5.89. The van der Waals surface area contributed by atoms with Gasteiger partial charge in [0, 0.05) is 19.1 Å². The van der Waals surface area contributed by atoms with Crippen molar-refractivity contribution in [1.29, 1.82) is 0 Å². The molecular formula is C19H34N2. The first-order valence-corrected chi connectivity index (χ1v) is 8.77. The van der Waals surface area contributed by atoms with E-state index >= 15 is 0 Å². The van der Waals surface area contributed by atoms with Crippen LogP contribution in [0.5, 0.6) is 0 Å². The summed E-state index contributed by atoms with van der Waals surface area (Å²) in [7, 11) is 0. The molecule has 120 valence electrons. The fourth-order valence-corrected chi connectivity index (χ4v) is 2.87. The van der Waals surface area contributed by atoms with E-state index in [1.807, 2.05) is 0 Å². The summed E-state index contributed by atoms with van der Waals surface area (Å²) in [5.41, 5.74) is 2.93. The zero-order valence-electron chi connectivity index (χ0n) is 14.5. The quantitative estimate of drug-likeness (QED) is 0.641. The molecule has 0 saturated carbocycles. The van der Waals surface area contributed by atoms with E-state index in [9.17, 15) is 0 Å². The highest BCUT2D eigenvalue weighted by Crippen LogP contribution is 2.13. The molecule has 0 spiro atoms. The zero-order chi connectivity index (χ0) is 15.5. The van der Waals surface area contributed by atoms with Crippen molar-refractivity contribution >= 4 is 0 Å². The Morgan fingerprint density at radius 2 is 1.48 bits per heavy atom. The molecule has 0 fully saturated rings. The van der Waals surface area contributed by atoms with E-state index in [4.69, 9.17) is 0 Å². The van der Waals surface area contributed by atoms with Crippen LogP contribution in [0.2, 0.25) is 0 Å². The Morgan fingerprint density at radius 3 is 2.00 bits per heavy atom. The molecule has 0 saturated heterocycles. The molecule has 1 aromatic rings. The number of hydrogen-bond donors (Lipinski definition) is 1. The average molecular weight is 290 g/mol. The molecule has 2 heteroatoms. The fraction of sp³-hybridized carbons (Fsp3) is 0.684. The van der Waals surface area contributed by atoms with Crippen LogP contribution in [-0.2, 0) is 13.1 Å². The molecule has 21 heavy (non-hydrogen) atoms. The third-order valence-corrected chi connectivity index (χ3v) is 4.26. The van der Waals surface area contributed by atoms with Crippen molar-refractivity contribution in [3.63, 3.8) is 0 Å². The predicted octanol–water partition coefficient (Wildman–Crippen LogP) is 4.59. The zero-order valence-corrected chi connectivity index (χ0v) is 14.5. The van der Waals surface area contributed by atoms with Crippen molar-refractivity contribution in [2.24, 2.45) is 0 Å². The van der Waals surface area contributed by atoms with Crippen LogP contribution >= 0.6 is 0 Å². The van der Waals surface area contributed by atoms with Crippen LogP contribution in [0, 0.1) is 0 Å². The van der Waals surface area contributed by atoms with Crippen LogP contribution < -0.4 is 5.32 Å². The SMILES string of the molecule is CCCC(CCC)NCc1ccccc1CN(CC)CC. The van der Waals surface area contributed by atoms with Crippen molar-refractivity contribution in [3.8, 4) is 0 Å². The van der Waals surface area contributed by atoms with E-state index in [1.54, 1.807) is 0 Å². The van der Waals surface area contributed by atoms with Gasteiger partial charge in [0.15, 0.2) is 0 Å². The predicted molar refractivity (Wildman–Crippen MR) is 93.5 cm³/mol. The Hall–Kier alpha value is -0.860. The Bertz CT molecular complexity index is 366. The molecule has 0 radical (unpaired) electrons. The molecule has 0 aliphatic rings. The van der Waals surface area contributed by atoms with Gasteiger partial charge in [-0.15, -0.1) is 0 Å². The third-order valence-electron chi connectivity index (χ3n) is 4.26. The van der Waals surface area contributed by atoms with Crippen LogP contribution in [0.15, 0.2) is 24.3 Å². The molecule has 1 N–H and O–H groups in total. The van der Waals surface area contributed by atoms with E-state index in [-0.39, 0.29) is 0 Å². The molecule has 1 aromatic carbocycles. The Balaban J connectivity index is 2.65. The summed E-state index contributed by atoms with van der Waals surface area (Å²) in [6.07, 6.45) is 5.09. The van der Waals surface area contributed by atoms with Crippen molar-refractivity contribution in [3.05, 3.63) is 35.4 Å². The van der Waals surface area contributed by atoms with E-state index in [1.165, 1.54) is 36.8 Å². The second-order valence-corrected chi connectivity index (χ2v) is 5.89. The van der Waals surface area contributed by atoms with Gasteiger partial charge in [0.25, 0.3) is 0 Å². The Labute approximate surface area is 131 Å². The molecule has 2 nitrogen and oxygen atoms in total.